The first-order chi connectivity index (χ1) is 9.78. The Morgan fingerprint density at radius 1 is 1.20 bits per heavy atom. The molecule has 0 N–H and O–H groups in total. The van der Waals surface area contributed by atoms with E-state index in [9.17, 15) is 4.79 Å². The van der Waals surface area contributed by atoms with Gasteiger partial charge in [0.1, 0.15) is 10.7 Å². The molecule has 2 aromatic heterocycles. The number of ketones is 1. The molecule has 0 aliphatic heterocycles. The van der Waals surface area contributed by atoms with Crippen molar-refractivity contribution < 1.29 is 4.79 Å². The van der Waals surface area contributed by atoms with Crippen molar-refractivity contribution >= 4 is 27.3 Å². The number of nitrogens with zero attached hydrogens (tertiary/aromatic N) is 2. The molecule has 2 heterocycles. The van der Waals surface area contributed by atoms with Gasteiger partial charge in [0.15, 0.2) is 5.78 Å². The number of para-hydroxylation sites is 1. The molecular weight excluding hydrogens is 268 g/mol. The average Bonchev–Trinajstić information content (AvgIpc) is 2.89. The number of pyridine rings is 1. The normalized spacial score (nSPS) is 10.8. The Labute approximate surface area is 121 Å². The number of benzene rings is 1. The molecule has 0 amide bonds. The molecule has 0 radical (unpaired) electrons. The predicted octanol–water partition coefficient (Wildman–Crippen LogP) is 3.68. The summed E-state index contributed by atoms with van der Waals surface area (Å²) in [6.07, 6.45) is 2.81. The summed E-state index contributed by atoms with van der Waals surface area (Å²) in [6.45, 7) is 2.03. The molecule has 0 fully saturated rings. The first-order valence-electron chi connectivity index (χ1n) is 6.59. The summed E-state index contributed by atoms with van der Waals surface area (Å²) in [4.78, 5) is 21.1. The van der Waals surface area contributed by atoms with Crippen LogP contribution in [0.15, 0.2) is 42.6 Å². The third kappa shape index (κ3) is 2.47. The van der Waals surface area contributed by atoms with Crippen LogP contribution in [0.3, 0.4) is 0 Å². The van der Waals surface area contributed by atoms with E-state index in [1.165, 1.54) is 0 Å². The number of aryl methyl sites for hydroxylation is 1. The molecule has 0 bridgehead atoms. The highest BCUT2D eigenvalue weighted by Crippen LogP contribution is 2.22. The van der Waals surface area contributed by atoms with E-state index < -0.39 is 0 Å². The topological polar surface area (TPSA) is 42.9 Å². The second-order valence-electron chi connectivity index (χ2n) is 4.54. The standard InChI is InChI=1S/C16H14N2OS/c1-2-11-6-5-9-17-16(11)13(19)10-15-18-12-7-3-4-8-14(12)20-15/h3-9H,2,10H2,1H3. The van der Waals surface area contributed by atoms with Crippen molar-refractivity contribution in [3.8, 4) is 0 Å². The zero-order valence-corrected chi connectivity index (χ0v) is 12.0. The van der Waals surface area contributed by atoms with Crippen LogP contribution in [0.4, 0.5) is 0 Å². The Kier molecular flexibility index (Phi) is 3.56. The molecule has 0 aliphatic carbocycles. The maximum Gasteiger partial charge on any atom is 0.188 e. The summed E-state index contributed by atoms with van der Waals surface area (Å²) < 4.78 is 1.12. The van der Waals surface area contributed by atoms with Gasteiger partial charge in [-0.25, -0.2) is 4.98 Å². The summed E-state index contributed by atoms with van der Waals surface area (Å²) in [5.74, 6) is 0.0431. The highest BCUT2D eigenvalue weighted by atomic mass is 32.1. The molecule has 20 heavy (non-hydrogen) atoms. The van der Waals surface area contributed by atoms with E-state index >= 15 is 0 Å². The van der Waals surface area contributed by atoms with Gasteiger partial charge in [0.05, 0.1) is 16.6 Å². The van der Waals surface area contributed by atoms with Crippen molar-refractivity contribution in [3.05, 3.63) is 58.9 Å². The number of aromatic nitrogens is 2. The molecule has 0 spiro atoms. The maximum absolute atomic E-state index is 12.4. The molecule has 3 rings (SSSR count). The van der Waals surface area contributed by atoms with Crippen LogP contribution >= 0.6 is 11.3 Å². The average molecular weight is 282 g/mol. The quantitative estimate of drug-likeness (QED) is 0.686. The molecule has 0 atom stereocenters. The van der Waals surface area contributed by atoms with Crippen LogP contribution in [0.5, 0.6) is 0 Å². The van der Waals surface area contributed by atoms with Crippen LogP contribution in [-0.2, 0) is 12.8 Å². The second kappa shape index (κ2) is 5.51. The van der Waals surface area contributed by atoms with E-state index in [0.717, 1.165) is 27.2 Å². The first-order valence-corrected chi connectivity index (χ1v) is 7.41. The van der Waals surface area contributed by atoms with Gasteiger partial charge in [0.2, 0.25) is 0 Å². The van der Waals surface area contributed by atoms with Crippen molar-refractivity contribution in [2.24, 2.45) is 0 Å². The smallest absolute Gasteiger partial charge is 0.188 e. The largest absolute Gasteiger partial charge is 0.292 e. The molecule has 1 aromatic carbocycles. The monoisotopic (exact) mass is 282 g/mol. The van der Waals surface area contributed by atoms with Crippen LogP contribution < -0.4 is 0 Å². The minimum absolute atomic E-state index is 0.0431. The number of hydrogen-bond acceptors (Lipinski definition) is 4. The van der Waals surface area contributed by atoms with Gasteiger partial charge in [-0.2, -0.15) is 0 Å². The van der Waals surface area contributed by atoms with E-state index in [2.05, 4.69) is 9.97 Å². The van der Waals surface area contributed by atoms with Crippen LogP contribution in [0.25, 0.3) is 10.2 Å². The number of thiazole rings is 1. The van der Waals surface area contributed by atoms with Crippen molar-refractivity contribution in [2.75, 3.05) is 0 Å². The molecule has 3 aromatic rings. The van der Waals surface area contributed by atoms with Crippen LogP contribution in [-0.4, -0.2) is 15.8 Å². The molecule has 100 valence electrons. The number of carbonyl (C=O) groups excluding carboxylic acids is 1. The maximum atomic E-state index is 12.4. The van der Waals surface area contributed by atoms with Gasteiger partial charge in [-0.05, 0) is 30.2 Å². The van der Waals surface area contributed by atoms with Gasteiger partial charge >= 0.3 is 0 Å². The zero-order valence-electron chi connectivity index (χ0n) is 11.2. The highest BCUT2D eigenvalue weighted by molar-refractivity contribution is 7.18. The second-order valence-corrected chi connectivity index (χ2v) is 5.66. The van der Waals surface area contributed by atoms with Crippen molar-refractivity contribution in [1.82, 2.24) is 9.97 Å². The van der Waals surface area contributed by atoms with Crippen molar-refractivity contribution in [2.45, 2.75) is 19.8 Å². The molecular formula is C16H14N2OS. The SMILES string of the molecule is CCc1cccnc1C(=O)Cc1nc2ccccc2s1. The summed E-state index contributed by atoms with van der Waals surface area (Å²) in [5, 5.41) is 0.851. The van der Waals surface area contributed by atoms with Crippen LogP contribution in [0.2, 0.25) is 0 Å². The first kappa shape index (κ1) is 12.9. The number of carbonyl (C=O) groups is 1. The lowest BCUT2D eigenvalue weighted by Gasteiger charge is -2.03. The molecule has 0 saturated carbocycles. The third-order valence-corrected chi connectivity index (χ3v) is 4.22. The van der Waals surface area contributed by atoms with E-state index in [1.807, 2.05) is 43.3 Å². The summed E-state index contributed by atoms with van der Waals surface area (Å²) in [7, 11) is 0. The fraction of sp³-hybridized carbons (Fsp3) is 0.188. The lowest BCUT2D eigenvalue weighted by atomic mass is 10.1. The summed E-state index contributed by atoms with van der Waals surface area (Å²) in [5.41, 5.74) is 2.53. The Bertz CT molecular complexity index is 731. The Morgan fingerprint density at radius 3 is 2.85 bits per heavy atom. The summed E-state index contributed by atoms with van der Waals surface area (Å²) in [6, 6.07) is 11.8. The highest BCUT2D eigenvalue weighted by Gasteiger charge is 2.14. The van der Waals surface area contributed by atoms with Gasteiger partial charge in [0, 0.05) is 6.20 Å². The Hall–Kier alpha value is -2.07. The number of fused-ring (bicyclic) bond motifs is 1. The van der Waals surface area contributed by atoms with E-state index in [4.69, 9.17) is 0 Å². The molecule has 3 nitrogen and oxygen atoms in total. The molecule has 4 heteroatoms. The number of Topliss-reactive ketones (excluding diaryl/α,β-unsaturated/α-hetero) is 1. The van der Waals surface area contributed by atoms with Gasteiger partial charge < -0.3 is 0 Å². The third-order valence-electron chi connectivity index (χ3n) is 3.19. The molecule has 0 unspecified atom stereocenters. The Balaban J connectivity index is 1.88. The fourth-order valence-corrected chi connectivity index (χ4v) is 3.16. The van der Waals surface area contributed by atoms with Gasteiger partial charge in [-0.15, -0.1) is 11.3 Å². The predicted molar refractivity (Wildman–Crippen MR) is 81.3 cm³/mol. The van der Waals surface area contributed by atoms with Crippen molar-refractivity contribution in [1.29, 1.82) is 0 Å². The van der Waals surface area contributed by atoms with E-state index in [-0.39, 0.29) is 5.78 Å². The number of rotatable bonds is 4. The lowest BCUT2D eigenvalue weighted by Crippen LogP contribution is -2.09. The van der Waals surface area contributed by atoms with E-state index in [1.54, 1.807) is 17.5 Å². The Morgan fingerprint density at radius 2 is 2.05 bits per heavy atom. The van der Waals surface area contributed by atoms with E-state index in [0.29, 0.717) is 12.1 Å². The van der Waals surface area contributed by atoms with Crippen molar-refractivity contribution in [3.63, 3.8) is 0 Å². The van der Waals surface area contributed by atoms with Gasteiger partial charge in [-0.3, -0.25) is 9.78 Å². The number of hydrogen-bond donors (Lipinski definition) is 0. The minimum Gasteiger partial charge on any atom is -0.292 e. The minimum atomic E-state index is 0.0431. The summed E-state index contributed by atoms with van der Waals surface area (Å²) >= 11 is 1.57. The van der Waals surface area contributed by atoms with Crippen LogP contribution in [0.1, 0.15) is 28.0 Å². The van der Waals surface area contributed by atoms with Gasteiger partial charge in [-0.1, -0.05) is 25.1 Å². The van der Waals surface area contributed by atoms with Gasteiger partial charge in [0.25, 0.3) is 0 Å². The zero-order chi connectivity index (χ0) is 13.9. The molecule has 0 saturated heterocycles. The lowest BCUT2D eigenvalue weighted by molar-refractivity contribution is 0.0987. The molecule has 0 aliphatic rings. The van der Waals surface area contributed by atoms with Crippen LogP contribution in [0, 0.1) is 0 Å². The fourth-order valence-electron chi connectivity index (χ4n) is 2.19.